The van der Waals surface area contributed by atoms with Gasteiger partial charge in [-0.1, -0.05) is 0 Å². The Bertz CT molecular complexity index is 406. The van der Waals surface area contributed by atoms with Crippen LogP contribution in [0.5, 0.6) is 0 Å². The summed E-state index contributed by atoms with van der Waals surface area (Å²) in [6, 6.07) is 1.24. The molecular weight excluding hydrogens is 238 g/mol. The second kappa shape index (κ2) is 5.31. The van der Waals surface area contributed by atoms with Crippen molar-refractivity contribution in [3.63, 3.8) is 0 Å². The largest absolute Gasteiger partial charge is 0.444 e. The van der Waals surface area contributed by atoms with Crippen molar-refractivity contribution in [2.75, 3.05) is 0 Å². The van der Waals surface area contributed by atoms with Crippen molar-refractivity contribution >= 4 is 23.7 Å². The lowest BCUT2D eigenvalue weighted by Gasteiger charge is -2.21. The Balaban J connectivity index is 2.65. The van der Waals surface area contributed by atoms with E-state index in [-0.39, 0.29) is 0 Å². The lowest BCUT2D eigenvalue weighted by molar-refractivity contribution is -0.109. The molecule has 0 aliphatic heterocycles. The normalized spacial score (nSPS) is 12.9. The number of amides is 1. The average Bonchev–Trinajstić information content (AvgIpc) is 2.58. The highest BCUT2D eigenvalue weighted by Gasteiger charge is 2.20. The third-order valence-corrected chi connectivity index (χ3v) is 3.00. The van der Waals surface area contributed by atoms with Crippen LogP contribution in [0.15, 0.2) is 11.4 Å². The summed E-state index contributed by atoms with van der Waals surface area (Å²) in [5.41, 5.74) is 0.505. The van der Waals surface area contributed by atoms with Gasteiger partial charge in [0.05, 0.1) is 0 Å². The topological polar surface area (TPSA) is 55.4 Å². The van der Waals surface area contributed by atoms with E-state index in [0.29, 0.717) is 6.29 Å². The van der Waals surface area contributed by atoms with Crippen LogP contribution >= 0.6 is 11.3 Å². The van der Waals surface area contributed by atoms with Gasteiger partial charge >= 0.3 is 6.09 Å². The predicted molar refractivity (Wildman–Crippen MR) is 67.2 cm³/mol. The predicted octanol–water partition coefficient (Wildman–Crippen LogP) is 2.82. The third-order valence-electron chi connectivity index (χ3n) is 1.87. The van der Waals surface area contributed by atoms with Crippen molar-refractivity contribution in [3.8, 4) is 0 Å². The zero-order valence-corrected chi connectivity index (χ0v) is 11.3. The minimum Gasteiger partial charge on any atom is -0.444 e. The summed E-state index contributed by atoms with van der Waals surface area (Å²) in [6.07, 6.45) is 0.121. The fourth-order valence-corrected chi connectivity index (χ4v) is 2.13. The monoisotopic (exact) mass is 255 g/mol. The Labute approximate surface area is 105 Å². The SMILES string of the molecule is Cc1csc(C(C=O)NC(=O)OC(C)(C)C)c1. The van der Waals surface area contributed by atoms with Crippen LogP contribution < -0.4 is 5.32 Å². The molecule has 1 N–H and O–H groups in total. The molecule has 0 saturated carbocycles. The lowest BCUT2D eigenvalue weighted by atomic mass is 10.2. The van der Waals surface area contributed by atoms with Crippen LogP contribution in [0.25, 0.3) is 0 Å². The summed E-state index contributed by atoms with van der Waals surface area (Å²) < 4.78 is 5.09. The molecule has 1 aromatic heterocycles. The maximum atomic E-state index is 11.5. The quantitative estimate of drug-likeness (QED) is 0.845. The van der Waals surface area contributed by atoms with Gasteiger partial charge in [0.15, 0.2) is 0 Å². The molecule has 17 heavy (non-hydrogen) atoms. The van der Waals surface area contributed by atoms with E-state index in [1.54, 1.807) is 20.8 Å². The van der Waals surface area contributed by atoms with Crippen LogP contribution in [-0.4, -0.2) is 18.0 Å². The van der Waals surface area contributed by atoms with Gasteiger partial charge in [0.2, 0.25) is 0 Å². The fourth-order valence-electron chi connectivity index (χ4n) is 1.22. The minimum atomic E-state index is -0.636. The molecule has 0 fully saturated rings. The molecule has 5 heteroatoms. The van der Waals surface area contributed by atoms with Crippen molar-refractivity contribution in [2.24, 2.45) is 0 Å². The molecule has 1 aromatic rings. The molecule has 0 bridgehead atoms. The fraction of sp³-hybridized carbons (Fsp3) is 0.500. The summed E-state index contributed by atoms with van der Waals surface area (Å²) in [4.78, 5) is 23.3. The first kappa shape index (κ1) is 13.7. The molecular formula is C12H17NO3S. The molecule has 1 atom stereocenters. The molecule has 1 rings (SSSR count). The number of nitrogens with one attached hydrogen (secondary N) is 1. The molecule has 1 heterocycles. The molecule has 0 spiro atoms. The van der Waals surface area contributed by atoms with Gasteiger partial charge in [0, 0.05) is 4.88 Å². The number of aryl methyl sites for hydroxylation is 1. The van der Waals surface area contributed by atoms with Gasteiger partial charge in [0.25, 0.3) is 0 Å². The van der Waals surface area contributed by atoms with Crippen LogP contribution in [0, 0.1) is 6.92 Å². The van der Waals surface area contributed by atoms with Crippen molar-refractivity contribution in [1.29, 1.82) is 0 Å². The average molecular weight is 255 g/mol. The maximum Gasteiger partial charge on any atom is 0.408 e. The van der Waals surface area contributed by atoms with E-state index in [9.17, 15) is 9.59 Å². The van der Waals surface area contributed by atoms with E-state index in [1.807, 2.05) is 18.4 Å². The number of rotatable bonds is 3. The van der Waals surface area contributed by atoms with Crippen LogP contribution in [0.4, 0.5) is 4.79 Å². The zero-order chi connectivity index (χ0) is 13.1. The molecule has 94 valence electrons. The standard InChI is InChI=1S/C12H17NO3S/c1-8-5-10(17-7-8)9(6-14)13-11(15)16-12(2,3)4/h5-7,9H,1-4H3,(H,13,15). The number of hydrogen-bond acceptors (Lipinski definition) is 4. The molecule has 0 aliphatic carbocycles. The number of thiophene rings is 1. The summed E-state index contributed by atoms with van der Waals surface area (Å²) in [6.45, 7) is 7.27. The number of alkyl carbamates (subject to hydrolysis) is 1. The van der Waals surface area contributed by atoms with Gasteiger partial charge in [-0.25, -0.2) is 4.79 Å². The summed E-state index contributed by atoms with van der Waals surface area (Å²) in [5.74, 6) is 0. The molecule has 0 aliphatic rings. The Morgan fingerprint density at radius 2 is 2.18 bits per heavy atom. The number of aldehydes is 1. The Morgan fingerprint density at radius 1 is 1.53 bits per heavy atom. The first-order valence-corrected chi connectivity index (χ1v) is 6.19. The van der Waals surface area contributed by atoms with E-state index in [0.717, 1.165) is 10.4 Å². The second-order valence-electron chi connectivity index (χ2n) is 4.79. The Kier molecular flexibility index (Phi) is 4.28. The second-order valence-corrected chi connectivity index (χ2v) is 5.73. The first-order chi connectivity index (χ1) is 7.81. The third kappa shape index (κ3) is 4.56. The highest BCUT2D eigenvalue weighted by molar-refractivity contribution is 7.10. The van der Waals surface area contributed by atoms with Gasteiger partial charge in [0.1, 0.15) is 17.9 Å². The van der Waals surface area contributed by atoms with E-state index in [2.05, 4.69) is 5.32 Å². The highest BCUT2D eigenvalue weighted by Crippen LogP contribution is 2.21. The van der Waals surface area contributed by atoms with E-state index in [1.165, 1.54) is 11.3 Å². The van der Waals surface area contributed by atoms with Gasteiger partial charge in [-0.15, -0.1) is 11.3 Å². The van der Waals surface area contributed by atoms with Crippen LogP contribution in [-0.2, 0) is 9.53 Å². The molecule has 0 radical (unpaired) electrons. The van der Waals surface area contributed by atoms with Crippen LogP contribution in [0.1, 0.15) is 37.3 Å². The Hall–Kier alpha value is -1.36. The highest BCUT2D eigenvalue weighted by atomic mass is 32.1. The smallest absolute Gasteiger partial charge is 0.408 e. The summed E-state index contributed by atoms with van der Waals surface area (Å²) in [7, 11) is 0. The molecule has 0 saturated heterocycles. The molecule has 1 amide bonds. The number of ether oxygens (including phenoxy) is 1. The zero-order valence-electron chi connectivity index (χ0n) is 10.4. The van der Waals surface area contributed by atoms with E-state index in [4.69, 9.17) is 4.74 Å². The molecule has 4 nitrogen and oxygen atoms in total. The van der Waals surface area contributed by atoms with Crippen molar-refractivity contribution in [2.45, 2.75) is 39.3 Å². The van der Waals surface area contributed by atoms with E-state index < -0.39 is 17.7 Å². The maximum absolute atomic E-state index is 11.5. The van der Waals surface area contributed by atoms with Crippen molar-refractivity contribution in [1.82, 2.24) is 5.32 Å². The van der Waals surface area contributed by atoms with Gasteiger partial charge in [-0.2, -0.15) is 0 Å². The minimum absolute atomic E-state index is 0.567. The Morgan fingerprint density at radius 3 is 2.59 bits per heavy atom. The van der Waals surface area contributed by atoms with Crippen molar-refractivity contribution in [3.05, 3.63) is 21.9 Å². The van der Waals surface area contributed by atoms with E-state index >= 15 is 0 Å². The number of hydrogen-bond donors (Lipinski definition) is 1. The number of carbonyl (C=O) groups excluding carboxylic acids is 2. The number of carbonyl (C=O) groups is 2. The van der Waals surface area contributed by atoms with Crippen molar-refractivity contribution < 1.29 is 14.3 Å². The van der Waals surface area contributed by atoms with Gasteiger partial charge in [-0.3, -0.25) is 0 Å². The lowest BCUT2D eigenvalue weighted by Crippen LogP contribution is -2.35. The molecule has 1 unspecified atom stereocenters. The summed E-state index contributed by atoms with van der Waals surface area (Å²) >= 11 is 1.44. The van der Waals surface area contributed by atoms with Crippen LogP contribution in [0.3, 0.4) is 0 Å². The molecule has 0 aromatic carbocycles. The first-order valence-electron chi connectivity index (χ1n) is 5.31. The van der Waals surface area contributed by atoms with Gasteiger partial charge < -0.3 is 14.8 Å². The van der Waals surface area contributed by atoms with Gasteiger partial charge in [-0.05, 0) is 44.7 Å². The van der Waals surface area contributed by atoms with Crippen LogP contribution in [0.2, 0.25) is 0 Å². The summed E-state index contributed by atoms with van der Waals surface area (Å²) in [5, 5.41) is 4.47.